The minimum absolute atomic E-state index is 0. The smallest absolute Gasteiger partial charge is 0.270 e. The first-order valence-electron chi connectivity index (χ1n) is 5.79. The third kappa shape index (κ3) is 5.38. The van der Waals surface area contributed by atoms with Crippen molar-refractivity contribution < 1.29 is 4.79 Å². The van der Waals surface area contributed by atoms with Gasteiger partial charge in [0.25, 0.3) is 5.91 Å². The van der Waals surface area contributed by atoms with Crippen molar-refractivity contribution in [3.05, 3.63) is 28.6 Å². The lowest BCUT2D eigenvalue weighted by Crippen LogP contribution is -2.31. The fourth-order valence-corrected chi connectivity index (χ4v) is 3.04. The number of thiazole rings is 1. The van der Waals surface area contributed by atoms with E-state index in [9.17, 15) is 4.79 Å². The van der Waals surface area contributed by atoms with Crippen molar-refractivity contribution in [1.82, 2.24) is 15.6 Å². The number of thiophene rings is 1. The number of halogens is 2. The molecule has 0 bridgehead atoms. The number of hydrogen-bond donors (Lipinski definition) is 2. The molecule has 2 aromatic rings. The van der Waals surface area contributed by atoms with Crippen LogP contribution in [-0.2, 0) is 0 Å². The van der Waals surface area contributed by atoms with Crippen molar-refractivity contribution in [3.8, 4) is 9.88 Å². The van der Waals surface area contributed by atoms with E-state index >= 15 is 0 Å². The number of nitrogens with one attached hydrogen (secondary N) is 2. The topological polar surface area (TPSA) is 54.0 Å². The molecule has 0 aliphatic heterocycles. The first-order valence-corrected chi connectivity index (χ1v) is 7.55. The molecule has 8 heteroatoms. The van der Waals surface area contributed by atoms with Crippen LogP contribution in [0.1, 0.15) is 17.4 Å². The summed E-state index contributed by atoms with van der Waals surface area (Å²) in [5, 5.41) is 10.7. The summed E-state index contributed by atoms with van der Waals surface area (Å²) in [5.41, 5.74) is 0.500. The molecule has 4 nitrogen and oxygen atoms in total. The molecule has 112 valence electrons. The highest BCUT2D eigenvalue weighted by Crippen LogP contribution is 2.27. The number of hydrogen-bond acceptors (Lipinski definition) is 5. The second kappa shape index (κ2) is 10.1. The highest BCUT2D eigenvalue weighted by molar-refractivity contribution is 7.20. The quantitative estimate of drug-likeness (QED) is 0.784. The second-order valence-corrected chi connectivity index (χ2v) is 5.43. The Hall–Kier alpha value is -0.660. The third-order valence-corrected chi connectivity index (χ3v) is 4.19. The normalized spacial score (nSPS) is 9.45. The van der Waals surface area contributed by atoms with Gasteiger partial charge in [-0.2, -0.15) is 0 Å². The van der Waals surface area contributed by atoms with Crippen molar-refractivity contribution in [2.45, 2.75) is 6.92 Å². The lowest BCUT2D eigenvalue weighted by atomic mass is 10.4. The van der Waals surface area contributed by atoms with Crippen LogP contribution in [0, 0.1) is 0 Å². The van der Waals surface area contributed by atoms with Crippen LogP contribution in [0.3, 0.4) is 0 Å². The van der Waals surface area contributed by atoms with E-state index in [2.05, 4.69) is 15.6 Å². The zero-order chi connectivity index (χ0) is 12.8. The summed E-state index contributed by atoms with van der Waals surface area (Å²) in [6.07, 6.45) is 0. The van der Waals surface area contributed by atoms with Gasteiger partial charge in [-0.1, -0.05) is 13.0 Å². The fourth-order valence-electron chi connectivity index (χ4n) is 1.42. The Morgan fingerprint density at radius 3 is 2.75 bits per heavy atom. The number of nitrogens with zero attached hydrogens (tertiary/aromatic N) is 1. The van der Waals surface area contributed by atoms with E-state index in [1.165, 1.54) is 11.3 Å². The van der Waals surface area contributed by atoms with Crippen LogP contribution in [-0.4, -0.2) is 30.5 Å². The molecular weight excluding hydrogens is 337 g/mol. The summed E-state index contributed by atoms with van der Waals surface area (Å²) in [7, 11) is 0. The molecular formula is C12H17Cl2N3OS2. The van der Waals surface area contributed by atoms with Crippen LogP contribution in [0.15, 0.2) is 22.9 Å². The Labute approximate surface area is 138 Å². The number of rotatable bonds is 6. The van der Waals surface area contributed by atoms with Gasteiger partial charge in [-0.05, 0) is 18.0 Å². The molecule has 2 aromatic heterocycles. The molecule has 0 aromatic carbocycles. The maximum absolute atomic E-state index is 11.8. The lowest BCUT2D eigenvalue weighted by molar-refractivity contribution is 0.0950. The molecule has 0 saturated carbocycles. The molecule has 20 heavy (non-hydrogen) atoms. The van der Waals surface area contributed by atoms with Gasteiger partial charge in [0, 0.05) is 18.5 Å². The van der Waals surface area contributed by atoms with E-state index in [1.807, 2.05) is 24.4 Å². The van der Waals surface area contributed by atoms with Crippen molar-refractivity contribution in [3.63, 3.8) is 0 Å². The molecule has 0 fully saturated rings. The second-order valence-electron chi connectivity index (χ2n) is 3.62. The third-order valence-electron chi connectivity index (χ3n) is 2.31. The SMILES string of the molecule is CCNCCNC(=O)c1csc(-c2cccs2)n1.Cl.Cl. The summed E-state index contributed by atoms with van der Waals surface area (Å²) < 4.78 is 0. The maximum atomic E-state index is 11.8. The average Bonchev–Trinajstić information content (AvgIpc) is 3.03. The molecule has 0 radical (unpaired) electrons. The largest absolute Gasteiger partial charge is 0.349 e. The Bertz CT molecular complexity index is 503. The summed E-state index contributed by atoms with van der Waals surface area (Å²) in [4.78, 5) is 17.3. The molecule has 0 saturated heterocycles. The summed E-state index contributed by atoms with van der Waals surface area (Å²) in [6.45, 7) is 4.35. The Morgan fingerprint density at radius 1 is 1.30 bits per heavy atom. The first-order chi connectivity index (χ1) is 8.81. The zero-order valence-corrected chi connectivity index (χ0v) is 14.2. The highest BCUT2D eigenvalue weighted by Gasteiger charge is 2.11. The van der Waals surface area contributed by atoms with E-state index in [4.69, 9.17) is 0 Å². The van der Waals surface area contributed by atoms with E-state index in [0.717, 1.165) is 23.0 Å². The van der Waals surface area contributed by atoms with Gasteiger partial charge in [-0.3, -0.25) is 4.79 Å². The van der Waals surface area contributed by atoms with Crippen molar-refractivity contribution >= 4 is 53.4 Å². The number of carbonyl (C=O) groups excluding carboxylic acids is 1. The lowest BCUT2D eigenvalue weighted by Gasteiger charge is -2.02. The van der Waals surface area contributed by atoms with Gasteiger partial charge in [0.15, 0.2) is 0 Å². The maximum Gasteiger partial charge on any atom is 0.270 e. The van der Waals surface area contributed by atoms with Gasteiger partial charge >= 0.3 is 0 Å². The molecule has 2 heterocycles. The summed E-state index contributed by atoms with van der Waals surface area (Å²) in [5.74, 6) is -0.105. The highest BCUT2D eigenvalue weighted by atomic mass is 35.5. The van der Waals surface area contributed by atoms with Crippen molar-refractivity contribution in [1.29, 1.82) is 0 Å². The molecule has 0 unspecified atom stereocenters. The predicted molar refractivity (Wildman–Crippen MR) is 90.8 cm³/mol. The van der Waals surface area contributed by atoms with E-state index in [-0.39, 0.29) is 30.7 Å². The molecule has 2 rings (SSSR count). The Balaban J connectivity index is 0.00000180. The average molecular weight is 354 g/mol. The standard InChI is InChI=1S/C12H15N3OS2.2ClH/c1-2-13-5-6-14-11(16)9-8-18-12(15-9)10-4-3-7-17-10;;/h3-4,7-8,13H,2,5-6H2,1H3,(H,14,16);2*1H. The minimum Gasteiger partial charge on any atom is -0.349 e. The predicted octanol–water partition coefficient (Wildman–Crippen LogP) is 3.05. The van der Waals surface area contributed by atoms with Gasteiger partial charge in [0.2, 0.25) is 0 Å². The molecule has 1 amide bonds. The van der Waals surface area contributed by atoms with Gasteiger partial charge in [0.05, 0.1) is 4.88 Å². The van der Waals surface area contributed by atoms with Gasteiger partial charge in [-0.15, -0.1) is 47.5 Å². The number of likely N-dealkylation sites (N-methyl/N-ethyl adjacent to an activating group) is 1. The summed E-state index contributed by atoms with van der Waals surface area (Å²) in [6, 6.07) is 3.99. The molecule has 0 aliphatic carbocycles. The van der Waals surface area contributed by atoms with Crippen molar-refractivity contribution in [2.24, 2.45) is 0 Å². The van der Waals surface area contributed by atoms with E-state index in [1.54, 1.807) is 16.7 Å². The van der Waals surface area contributed by atoms with Gasteiger partial charge in [-0.25, -0.2) is 4.98 Å². The van der Waals surface area contributed by atoms with Crippen LogP contribution in [0.5, 0.6) is 0 Å². The molecule has 0 spiro atoms. The number of carbonyl (C=O) groups is 1. The van der Waals surface area contributed by atoms with Gasteiger partial charge < -0.3 is 10.6 Å². The first kappa shape index (κ1) is 19.3. The Kier molecular flexibility index (Phi) is 9.79. The van der Waals surface area contributed by atoms with Crippen molar-refractivity contribution in [2.75, 3.05) is 19.6 Å². The van der Waals surface area contributed by atoms with Crippen LogP contribution in [0.25, 0.3) is 9.88 Å². The van der Waals surface area contributed by atoms with Crippen LogP contribution in [0.2, 0.25) is 0 Å². The molecule has 2 N–H and O–H groups in total. The van der Waals surface area contributed by atoms with Crippen LogP contribution >= 0.6 is 47.5 Å². The van der Waals surface area contributed by atoms with Gasteiger partial charge in [0.1, 0.15) is 10.7 Å². The molecule has 0 aliphatic rings. The molecule has 0 atom stereocenters. The van der Waals surface area contributed by atoms with Crippen LogP contribution in [0.4, 0.5) is 0 Å². The van der Waals surface area contributed by atoms with Crippen LogP contribution < -0.4 is 10.6 Å². The fraction of sp³-hybridized carbons (Fsp3) is 0.333. The Morgan fingerprint density at radius 2 is 2.10 bits per heavy atom. The number of amides is 1. The minimum atomic E-state index is -0.105. The summed E-state index contributed by atoms with van der Waals surface area (Å²) >= 11 is 3.13. The zero-order valence-electron chi connectivity index (χ0n) is 10.9. The number of aromatic nitrogens is 1. The monoisotopic (exact) mass is 353 g/mol. The van der Waals surface area contributed by atoms with E-state index in [0.29, 0.717) is 12.2 Å². The van der Waals surface area contributed by atoms with E-state index < -0.39 is 0 Å².